The van der Waals surface area contributed by atoms with Crippen LogP contribution in [0.15, 0.2) is 28.7 Å². The molecule has 0 aliphatic carbocycles. The molecule has 0 saturated heterocycles. The van der Waals surface area contributed by atoms with Gasteiger partial charge in [-0.25, -0.2) is 0 Å². The Hall–Kier alpha value is -1.07. The predicted molar refractivity (Wildman–Crippen MR) is 103 cm³/mol. The van der Waals surface area contributed by atoms with Gasteiger partial charge >= 0.3 is 0 Å². The molecular formula is C21H29BrO. The van der Waals surface area contributed by atoms with Crippen molar-refractivity contribution in [3.8, 4) is 11.8 Å². The molecule has 0 N–H and O–H groups in total. The molecule has 0 aliphatic heterocycles. The second-order valence-electron chi connectivity index (χ2n) is 6.04. The summed E-state index contributed by atoms with van der Waals surface area (Å²) in [6.45, 7) is 2.26. The largest absolute Gasteiger partial charge is 0.279 e. The lowest BCUT2D eigenvalue weighted by Crippen LogP contribution is -1.95. The molecule has 0 aliphatic rings. The van der Waals surface area contributed by atoms with Crippen LogP contribution in [0.1, 0.15) is 87.9 Å². The molecule has 1 aromatic carbocycles. The van der Waals surface area contributed by atoms with Gasteiger partial charge in [0.15, 0.2) is 0 Å². The van der Waals surface area contributed by atoms with Gasteiger partial charge in [-0.1, -0.05) is 98.7 Å². The molecular weight excluding hydrogens is 348 g/mol. The molecule has 0 aromatic heterocycles. The Bertz CT molecular complexity index is 510. The lowest BCUT2D eigenvalue weighted by atomic mass is 10.1. The molecule has 0 fully saturated rings. The molecule has 23 heavy (non-hydrogen) atoms. The van der Waals surface area contributed by atoms with Crippen molar-refractivity contribution in [1.82, 2.24) is 0 Å². The first kappa shape index (κ1) is 20.0. The standard InChI is InChI=1S/C21H29BrO/c1-2-3-4-5-6-7-8-9-10-11-12-13-18-21(23)19-16-14-15-17-20(19)22/h14-17H,2-12H2,1H3. The SMILES string of the molecule is CCCCCCCCCCCCC#CC(=O)c1ccccc1Br. The van der Waals surface area contributed by atoms with Crippen LogP contribution < -0.4 is 0 Å². The number of Topliss-reactive ketones (excluding diaryl/α,β-unsaturated/α-hetero) is 1. The van der Waals surface area contributed by atoms with Gasteiger partial charge in [-0.3, -0.25) is 4.79 Å². The first-order valence-electron chi connectivity index (χ1n) is 9.03. The number of benzene rings is 1. The third-order valence-electron chi connectivity index (χ3n) is 3.98. The van der Waals surface area contributed by atoms with Crippen molar-refractivity contribution >= 4 is 21.7 Å². The van der Waals surface area contributed by atoms with E-state index in [-0.39, 0.29) is 5.78 Å². The highest BCUT2D eigenvalue weighted by Gasteiger charge is 2.05. The van der Waals surface area contributed by atoms with Gasteiger partial charge in [0.05, 0.1) is 0 Å². The highest BCUT2D eigenvalue weighted by molar-refractivity contribution is 9.10. The number of carbonyl (C=O) groups excluding carboxylic acids is 1. The van der Waals surface area contributed by atoms with Crippen LogP contribution in [0.5, 0.6) is 0 Å². The molecule has 1 rings (SSSR count). The van der Waals surface area contributed by atoms with Crippen LogP contribution in [-0.4, -0.2) is 5.78 Å². The average molecular weight is 377 g/mol. The van der Waals surface area contributed by atoms with Crippen molar-refractivity contribution in [2.45, 2.75) is 77.6 Å². The Morgan fingerprint density at radius 3 is 2.09 bits per heavy atom. The van der Waals surface area contributed by atoms with Crippen LogP contribution in [0.4, 0.5) is 0 Å². The topological polar surface area (TPSA) is 17.1 Å². The molecule has 2 heteroatoms. The van der Waals surface area contributed by atoms with E-state index in [0.717, 1.165) is 17.3 Å². The molecule has 0 saturated carbocycles. The van der Waals surface area contributed by atoms with Crippen molar-refractivity contribution in [2.24, 2.45) is 0 Å². The molecule has 0 heterocycles. The molecule has 1 aromatic rings. The molecule has 0 atom stereocenters. The van der Waals surface area contributed by atoms with Crippen LogP contribution in [0.2, 0.25) is 0 Å². The molecule has 0 spiro atoms. The number of rotatable bonds is 11. The Morgan fingerprint density at radius 1 is 0.913 bits per heavy atom. The van der Waals surface area contributed by atoms with Crippen LogP contribution in [0, 0.1) is 11.8 Å². The minimum Gasteiger partial charge on any atom is -0.279 e. The zero-order chi connectivity index (χ0) is 16.8. The molecule has 0 bridgehead atoms. The van der Waals surface area contributed by atoms with E-state index in [1.165, 1.54) is 57.8 Å². The van der Waals surface area contributed by atoms with Gasteiger partial charge in [-0.05, 0) is 24.5 Å². The summed E-state index contributed by atoms with van der Waals surface area (Å²) in [5, 5.41) is 0. The number of hydrogen-bond acceptors (Lipinski definition) is 1. The van der Waals surface area contributed by atoms with Crippen LogP contribution in [0.3, 0.4) is 0 Å². The summed E-state index contributed by atoms with van der Waals surface area (Å²) in [4.78, 5) is 11.9. The number of unbranched alkanes of at least 4 members (excludes halogenated alkanes) is 10. The maximum absolute atomic E-state index is 11.9. The summed E-state index contributed by atoms with van der Waals surface area (Å²) in [6.07, 6.45) is 14.1. The normalized spacial score (nSPS) is 10.2. The minimum atomic E-state index is -0.0930. The van der Waals surface area contributed by atoms with Gasteiger partial charge < -0.3 is 0 Å². The highest BCUT2D eigenvalue weighted by atomic mass is 79.9. The van der Waals surface area contributed by atoms with Crippen LogP contribution in [0.25, 0.3) is 0 Å². The van der Waals surface area contributed by atoms with Gasteiger partial charge in [0.25, 0.3) is 0 Å². The van der Waals surface area contributed by atoms with E-state index in [0.29, 0.717) is 5.56 Å². The number of ketones is 1. The highest BCUT2D eigenvalue weighted by Crippen LogP contribution is 2.16. The number of halogens is 1. The fourth-order valence-electron chi connectivity index (χ4n) is 2.56. The van der Waals surface area contributed by atoms with Crippen LogP contribution in [-0.2, 0) is 0 Å². The monoisotopic (exact) mass is 376 g/mol. The van der Waals surface area contributed by atoms with Crippen molar-refractivity contribution in [2.75, 3.05) is 0 Å². The molecule has 1 nitrogen and oxygen atoms in total. The average Bonchev–Trinajstić information content (AvgIpc) is 2.56. The minimum absolute atomic E-state index is 0.0930. The summed E-state index contributed by atoms with van der Waals surface area (Å²) in [7, 11) is 0. The van der Waals surface area contributed by atoms with Gasteiger partial charge in [0.1, 0.15) is 0 Å². The zero-order valence-electron chi connectivity index (χ0n) is 14.4. The van der Waals surface area contributed by atoms with E-state index in [4.69, 9.17) is 0 Å². The van der Waals surface area contributed by atoms with Gasteiger partial charge in [0.2, 0.25) is 5.78 Å². The Morgan fingerprint density at radius 2 is 1.48 bits per heavy atom. The first-order valence-corrected chi connectivity index (χ1v) is 9.82. The Labute approximate surface area is 150 Å². The smallest absolute Gasteiger partial charge is 0.237 e. The third-order valence-corrected chi connectivity index (χ3v) is 4.67. The van der Waals surface area contributed by atoms with Gasteiger partial charge in [-0.15, -0.1) is 0 Å². The van der Waals surface area contributed by atoms with E-state index in [2.05, 4.69) is 34.7 Å². The second kappa shape index (κ2) is 13.4. The third kappa shape index (κ3) is 9.61. The van der Waals surface area contributed by atoms with E-state index < -0.39 is 0 Å². The summed E-state index contributed by atoms with van der Waals surface area (Å²) in [6, 6.07) is 7.44. The van der Waals surface area contributed by atoms with Crippen molar-refractivity contribution < 1.29 is 4.79 Å². The molecule has 0 unspecified atom stereocenters. The van der Waals surface area contributed by atoms with Crippen LogP contribution >= 0.6 is 15.9 Å². The lowest BCUT2D eigenvalue weighted by Gasteiger charge is -2.00. The Kier molecular flexibility index (Phi) is 11.6. The van der Waals surface area contributed by atoms with Crippen molar-refractivity contribution in [1.29, 1.82) is 0 Å². The summed E-state index contributed by atoms with van der Waals surface area (Å²) < 4.78 is 0.818. The maximum atomic E-state index is 11.9. The quantitative estimate of drug-likeness (QED) is 0.177. The first-order chi connectivity index (χ1) is 11.3. The van der Waals surface area contributed by atoms with E-state index >= 15 is 0 Å². The van der Waals surface area contributed by atoms with E-state index in [9.17, 15) is 4.79 Å². The Balaban J connectivity index is 2.03. The van der Waals surface area contributed by atoms with E-state index in [1.54, 1.807) is 0 Å². The summed E-state index contributed by atoms with van der Waals surface area (Å²) in [5.41, 5.74) is 0.656. The number of hydrogen-bond donors (Lipinski definition) is 0. The second-order valence-corrected chi connectivity index (χ2v) is 6.90. The van der Waals surface area contributed by atoms with Gasteiger partial charge in [-0.2, -0.15) is 0 Å². The molecule has 126 valence electrons. The van der Waals surface area contributed by atoms with Gasteiger partial charge in [0, 0.05) is 16.5 Å². The lowest BCUT2D eigenvalue weighted by molar-refractivity contribution is 0.105. The fraction of sp³-hybridized carbons (Fsp3) is 0.571. The van der Waals surface area contributed by atoms with E-state index in [1.807, 2.05) is 24.3 Å². The molecule has 0 amide bonds. The zero-order valence-corrected chi connectivity index (χ0v) is 16.0. The fourth-order valence-corrected chi connectivity index (χ4v) is 3.02. The predicted octanol–water partition coefficient (Wildman–Crippen LogP) is 6.95. The van der Waals surface area contributed by atoms with Crippen molar-refractivity contribution in [3.05, 3.63) is 34.3 Å². The maximum Gasteiger partial charge on any atom is 0.237 e. The molecule has 0 radical (unpaired) electrons. The summed E-state index contributed by atoms with van der Waals surface area (Å²) in [5.74, 6) is 5.67. The summed E-state index contributed by atoms with van der Waals surface area (Å²) >= 11 is 3.39. The van der Waals surface area contributed by atoms with Crippen molar-refractivity contribution in [3.63, 3.8) is 0 Å². The number of carbonyl (C=O) groups is 1.